The van der Waals surface area contributed by atoms with Crippen LogP contribution in [-0.2, 0) is 6.54 Å². The smallest absolute Gasteiger partial charge is 0.0892 e. The molecule has 0 saturated carbocycles. The SMILES string of the molecule is Clc1ccc([C@@H](CNCc2ccncc2)n2cccn2)cc1. The predicted octanol–water partition coefficient (Wildman–Crippen LogP) is 3.31. The van der Waals surface area contributed by atoms with E-state index in [9.17, 15) is 0 Å². The van der Waals surface area contributed by atoms with Crippen molar-refractivity contribution in [2.45, 2.75) is 12.6 Å². The molecule has 112 valence electrons. The summed E-state index contributed by atoms with van der Waals surface area (Å²) < 4.78 is 1.96. The molecule has 4 nitrogen and oxygen atoms in total. The zero-order chi connectivity index (χ0) is 15.2. The third-order valence-corrected chi connectivity index (χ3v) is 3.77. The molecule has 3 aromatic rings. The number of hydrogen-bond donors (Lipinski definition) is 1. The minimum absolute atomic E-state index is 0.133. The van der Waals surface area contributed by atoms with Gasteiger partial charge in [0.1, 0.15) is 0 Å². The highest BCUT2D eigenvalue weighted by Gasteiger charge is 2.13. The Bertz CT molecular complexity index is 680. The van der Waals surface area contributed by atoms with Crippen molar-refractivity contribution in [2.24, 2.45) is 0 Å². The van der Waals surface area contributed by atoms with Crippen LogP contribution in [0.15, 0.2) is 67.3 Å². The molecule has 0 amide bonds. The van der Waals surface area contributed by atoms with Gasteiger partial charge in [0, 0.05) is 42.9 Å². The first-order chi connectivity index (χ1) is 10.8. The lowest BCUT2D eigenvalue weighted by Gasteiger charge is -2.19. The van der Waals surface area contributed by atoms with Crippen molar-refractivity contribution in [3.63, 3.8) is 0 Å². The minimum Gasteiger partial charge on any atom is -0.310 e. The molecule has 0 aliphatic carbocycles. The molecule has 0 aliphatic heterocycles. The van der Waals surface area contributed by atoms with Gasteiger partial charge in [-0.3, -0.25) is 9.67 Å². The zero-order valence-corrected chi connectivity index (χ0v) is 12.8. The second-order valence-electron chi connectivity index (χ2n) is 5.04. The molecular formula is C17H17ClN4. The summed E-state index contributed by atoms with van der Waals surface area (Å²) in [7, 11) is 0. The first-order valence-corrected chi connectivity index (χ1v) is 7.55. The van der Waals surface area contributed by atoms with Gasteiger partial charge in [-0.2, -0.15) is 5.10 Å². The Labute approximate surface area is 134 Å². The van der Waals surface area contributed by atoms with Crippen molar-refractivity contribution in [3.8, 4) is 0 Å². The van der Waals surface area contributed by atoms with E-state index in [-0.39, 0.29) is 6.04 Å². The van der Waals surface area contributed by atoms with Crippen LogP contribution in [0.1, 0.15) is 17.2 Å². The molecule has 0 radical (unpaired) electrons. The lowest BCUT2D eigenvalue weighted by molar-refractivity contribution is 0.480. The molecule has 0 saturated heterocycles. The van der Waals surface area contributed by atoms with Crippen LogP contribution in [0.2, 0.25) is 5.02 Å². The molecule has 5 heteroatoms. The fourth-order valence-electron chi connectivity index (χ4n) is 2.37. The first-order valence-electron chi connectivity index (χ1n) is 7.17. The van der Waals surface area contributed by atoms with Crippen LogP contribution in [-0.4, -0.2) is 21.3 Å². The maximum atomic E-state index is 5.98. The predicted molar refractivity (Wildman–Crippen MR) is 87.8 cm³/mol. The monoisotopic (exact) mass is 312 g/mol. The summed E-state index contributed by atoms with van der Waals surface area (Å²) in [5, 5.41) is 8.60. The summed E-state index contributed by atoms with van der Waals surface area (Å²) in [6.07, 6.45) is 7.39. The molecule has 1 N–H and O–H groups in total. The van der Waals surface area contributed by atoms with Crippen LogP contribution < -0.4 is 5.32 Å². The quantitative estimate of drug-likeness (QED) is 0.759. The summed E-state index contributed by atoms with van der Waals surface area (Å²) in [6, 6.07) is 14.0. The summed E-state index contributed by atoms with van der Waals surface area (Å²) >= 11 is 5.98. The molecule has 1 atom stereocenters. The standard InChI is InChI=1S/C17H17ClN4/c18-16-4-2-15(3-5-16)17(22-11-1-8-21-22)13-20-12-14-6-9-19-10-7-14/h1-11,17,20H,12-13H2/t17-/m1/s1. The molecule has 1 aromatic carbocycles. The van der Waals surface area contributed by atoms with Gasteiger partial charge in [0.05, 0.1) is 6.04 Å². The molecule has 0 aliphatic rings. The van der Waals surface area contributed by atoms with E-state index in [1.165, 1.54) is 11.1 Å². The summed E-state index contributed by atoms with van der Waals surface area (Å²) in [4.78, 5) is 4.03. The van der Waals surface area contributed by atoms with Crippen molar-refractivity contribution in [1.82, 2.24) is 20.1 Å². The van der Waals surface area contributed by atoms with Gasteiger partial charge in [-0.1, -0.05) is 23.7 Å². The number of rotatable bonds is 6. The van der Waals surface area contributed by atoms with Gasteiger partial charge in [-0.25, -0.2) is 0 Å². The van der Waals surface area contributed by atoms with Crippen LogP contribution in [0.3, 0.4) is 0 Å². The van der Waals surface area contributed by atoms with Crippen molar-refractivity contribution in [1.29, 1.82) is 0 Å². The third-order valence-electron chi connectivity index (χ3n) is 3.52. The van der Waals surface area contributed by atoms with E-state index in [0.29, 0.717) is 0 Å². The van der Waals surface area contributed by atoms with E-state index < -0.39 is 0 Å². The Morgan fingerprint density at radius 3 is 2.50 bits per heavy atom. The number of pyridine rings is 1. The Hall–Kier alpha value is -2.17. The molecule has 0 fully saturated rings. The second-order valence-corrected chi connectivity index (χ2v) is 5.48. The second kappa shape index (κ2) is 7.20. The lowest BCUT2D eigenvalue weighted by atomic mass is 10.1. The van der Waals surface area contributed by atoms with Gasteiger partial charge >= 0.3 is 0 Å². The molecular weight excluding hydrogens is 296 g/mol. The van der Waals surface area contributed by atoms with Gasteiger partial charge in [0.25, 0.3) is 0 Å². The number of halogens is 1. The fraction of sp³-hybridized carbons (Fsp3) is 0.176. The molecule has 0 bridgehead atoms. The molecule has 2 heterocycles. The molecule has 22 heavy (non-hydrogen) atoms. The van der Waals surface area contributed by atoms with Crippen LogP contribution >= 0.6 is 11.6 Å². The first kappa shape index (κ1) is 14.8. The Balaban J connectivity index is 1.71. The normalized spacial score (nSPS) is 12.2. The van der Waals surface area contributed by atoms with E-state index in [1.807, 2.05) is 53.3 Å². The summed E-state index contributed by atoms with van der Waals surface area (Å²) in [5.74, 6) is 0. The summed E-state index contributed by atoms with van der Waals surface area (Å²) in [5.41, 5.74) is 2.39. The highest BCUT2D eigenvalue weighted by atomic mass is 35.5. The zero-order valence-electron chi connectivity index (χ0n) is 12.1. The van der Waals surface area contributed by atoms with Crippen LogP contribution in [0.25, 0.3) is 0 Å². The number of benzene rings is 1. The molecule has 3 rings (SSSR count). The molecule has 2 aromatic heterocycles. The van der Waals surface area contributed by atoms with Crippen LogP contribution in [0.4, 0.5) is 0 Å². The lowest BCUT2D eigenvalue weighted by Crippen LogP contribution is -2.26. The third kappa shape index (κ3) is 3.72. The maximum Gasteiger partial charge on any atom is 0.0892 e. The highest BCUT2D eigenvalue weighted by molar-refractivity contribution is 6.30. The molecule has 0 unspecified atom stereocenters. The van der Waals surface area contributed by atoms with Crippen molar-refractivity contribution in [2.75, 3.05) is 6.54 Å². The van der Waals surface area contributed by atoms with E-state index in [0.717, 1.165) is 18.1 Å². The fourth-order valence-corrected chi connectivity index (χ4v) is 2.49. The van der Waals surface area contributed by atoms with Gasteiger partial charge in [-0.05, 0) is 41.5 Å². The van der Waals surface area contributed by atoms with Gasteiger partial charge in [0.2, 0.25) is 0 Å². The van der Waals surface area contributed by atoms with Crippen LogP contribution in [0.5, 0.6) is 0 Å². The Morgan fingerprint density at radius 2 is 1.82 bits per heavy atom. The van der Waals surface area contributed by atoms with Gasteiger partial charge < -0.3 is 5.32 Å². The van der Waals surface area contributed by atoms with E-state index in [2.05, 4.69) is 15.4 Å². The Kier molecular flexibility index (Phi) is 4.83. The number of aromatic nitrogens is 3. The Morgan fingerprint density at radius 1 is 1.05 bits per heavy atom. The number of hydrogen-bond acceptors (Lipinski definition) is 3. The van der Waals surface area contributed by atoms with E-state index in [1.54, 1.807) is 18.6 Å². The van der Waals surface area contributed by atoms with Gasteiger partial charge in [0.15, 0.2) is 0 Å². The van der Waals surface area contributed by atoms with E-state index >= 15 is 0 Å². The van der Waals surface area contributed by atoms with Crippen molar-refractivity contribution in [3.05, 3.63) is 83.4 Å². The average Bonchev–Trinajstić information content (AvgIpc) is 3.08. The highest BCUT2D eigenvalue weighted by Crippen LogP contribution is 2.19. The minimum atomic E-state index is 0.133. The number of nitrogens with one attached hydrogen (secondary N) is 1. The van der Waals surface area contributed by atoms with Crippen molar-refractivity contribution < 1.29 is 0 Å². The maximum absolute atomic E-state index is 5.98. The van der Waals surface area contributed by atoms with E-state index in [4.69, 9.17) is 11.6 Å². The number of nitrogens with zero attached hydrogens (tertiary/aromatic N) is 3. The average molecular weight is 313 g/mol. The van der Waals surface area contributed by atoms with Gasteiger partial charge in [-0.15, -0.1) is 0 Å². The largest absolute Gasteiger partial charge is 0.310 e. The van der Waals surface area contributed by atoms with Crippen LogP contribution in [0, 0.1) is 0 Å². The topological polar surface area (TPSA) is 42.7 Å². The molecule has 0 spiro atoms. The summed E-state index contributed by atoms with van der Waals surface area (Å²) in [6.45, 7) is 1.58. The van der Waals surface area contributed by atoms with Crippen molar-refractivity contribution >= 4 is 11.6 Å².